The van der Waals surface area contributed by atoms with E-state index < -0.39 is 0 Å². The third kappa shape index (κ3) is 1.64. The average molecular weight is 197 g/mol. The molecule has 0 saturated heterocycles. The zero-order valence-corrected chi connectivity index (χ0v) is 8.74. The highest BCUT2D eigenvalue weighted by atomic mass is 16.3. The Balaban J connectivity index is 2.55. The number of benzene rings is 1. The van der Waals surface area contributed by atoms with Gasteiger partial charge in [-0.05, 0) is 37.1 Å². The number of aryl methyl sites for hydroxylation is 1. The summed E-state index contributed by atoms with van der Waals surface area (Å²) in [6.45, 7) is 4.12. The van der Waals surface area contributed by atoms with Crippen LogP contribution in [0.1, 0.15) is 16.9 Å². The molecule has 0 aliphatic rings. The normalized spacial score (nSPS) is 9.93. The van der Waals surface area contributed by atoms with E-state index >= 15 is 0 Å². The van der Waals surface area contributed by atoms with Crippen LogP contribution in [-0.2, 0) is 0 Å². The maximum atomic E-state index is 8.68. The van der Waals surface area contributed by atoms with E-state index in [9.17, 15) is 0 Å². The Morgan fingerprint density at radius 3 is 2.60 bits per heavy atom. The van der Waals surface area contributed by atoms with Gasteiger partial charge in [-0.1, -0.05) is 18.2 Å². The highest BCUT2D eigenvalue weighted by Crippen LogP contribution is 2.26. The second kappa shape index (κ2) is 3.62. The Kier molecular flexibility index (Phi) is 2.31. The molecule has 15 heavy (non-hydrogen) atoms. The quantitative estimate of drug-likeness (QED) is 0.702. The zero-order valence-electron chi connectivity index (χ0n) is 8.74. The first kappa shape index (κ1) is 9.54. The van der Waals surface area contributed by atoms with Gasteiger partial charge in [0.25, 0.3) is 0 Å². The first-order chi connectivity index (χ1) is 7.22. The molecule has 74 valence electrons. The van der Waals surface area contributed by atoms with Crippen LogP contribution in [0.25, 0.3) is 11.3 Å². The number of nitriles is 1. The number of hydrogen-bond donors (Lipinski definition) is 0. The molecule has 1 aromatic heterocycles. The summed E-state index contributed by atoms with van der Waals surface area (Å²) in [7, 11) is 0. The number of nitrogens with zero attached hydrogens (tertiary/aromatic N) is 1. The van der Waals surface area contributed by atoms with Gasteiger partial charge in [-0.2, -0.15) is 5.26 Å². The molecule has 0 aliphatic heterocycles. The summed E-state index contributed by atoms with van der Waals surface area (Å²) in [6.07, 6.45) is 0. The summed E-state index contributed by atoms with van der Waals surface area (Å²) in [5.41, 5.74) is 3.47. The Morgan fingerprint density at radius 1 is 1.13 bits per heavy atom. The highest BCUT2D eigenvalue weighted by molar-refractivity contribution is 5.64. The van der Waals surface area contributed by atoms with Crippen LogP contribution in [-0.4, -0.2) is 0 Å². The number of furan rings is 1. The van der Waals surface area contributed by atoms with Crippen molar-refractivity contribution in [1.29, 1.82) is 5.26 Å². The van der Waals surface area contributed by atoms with Crippen molar-refractivity contribution in [3.05, 3.63) is 47.2 Å². The fraction of sp³-hybridized carbons (Fsp3) is 0.154. The molecule has 0 N–H and O–H groups in total. The number of hydrogen-bond acceptors (Lipinski definition) is 2. The molecule has 0 bridgehead atoms. The van der Waals surface area contributed by atoms with Crippen molar-refractivity contribution in [2.24, 2.45) is 0 Å². The van der Waals surface area contributed by atoms with Gasteiger partial charge in [0.05, 0.1) is 0 Å². The summed E-state index contributed by atoms with van der Waals surface area (Å²) >= 11 is 0. The molecular formula is C13H11NO. The van der Waals surface area contributed by atoms with Crippen LogP contribution >= 0.6 is 0 Å². The number of rotatable bonds is 1. The highest BCUT2D eigenvalue weighted by Gasteiger charge is 2.07. The lowest BCUT2D eigenvalue weighted by Crippen LogP contribution is -1.84. The summed E-state index contributed by atoms with van der Waals surface area (Å²) in [5, 5.41) is 8.68. The molecule has 0 radical (unpaired) electrons. The molecular weight excluding hydrogens is 186 g/mol. The smallest absolute Gasteiger partial charge is 0.204 e. The predicted molar refractivity (Wildman–Crippen MR) is 58.3 cm³/mol. The van der Waals surface area contributed by atoms with Crippen molar-refractivity contribution in [1.82, 2.24) is 0 Å². The second-order valence-electron chi connectivity index (χ2n) is 3.52. The van der Waals surface area contributed by atoms with Gasteiger partial charge in [0.15, 0.2) is 0 Å². The van der Waals surface area contributed by atoms with E-state index in [1.807, 2.05) is 24.3 Å². The Bertz CT molecular complexity index is 532. The van der Waals surface area contributed by atoms with Gasteiger partial charge < -0.3 is 4.42 Å². The van der Waals surface area contributed by atoms with Crippen LogP contribution in [0.15, 0.2) is 34.7 Å². The van der Waals surface area contributed by atoms with Gasteiger partial charge >= 0.3 is 0 Å². The average Bonchev–Trinajstić information content (AvgIpc) is 2.70. The van der Waals surface area contributed by atoms with Crippen LogP contribution in [0, 0.1) is 25.2 Å². The fourth-order valence-corrected chi connectivity index (χ4v) is 1.56. The minimum Gasteiger partial charge on any atom is -0.446 e. The van der Waals surface area contributed by atoms with E-state index in [2.05, 4.69) is 19.9 Å². The minimum absolute atomic E-state index is 0.353. The van der Waals surface area contributed by atoms with Crippen molar-refractivity contribution in [3.63, 3.8) is 0 Å². The van der Waals surface area contributed by atoms with Crippen molar-refractivity contribution in [3.8, 4) is 17.4 Å². The lowest BCUT2D eigenvalue weighted by atomic mass is 10.0. The molecule has 2 nitrogen and oxygen atoms in total. The van der Waals surface area contributed by atoms with Gasteiger partial charge in [-0.3, -0.25) is 0 Å². The zero-order chi connectivity index (χ0) is 10.8. The van der Waals surface area contributed by atoms with Crippen LogP contribution in [0.4, 0.5) is 0 Å². The molecule has 2 rings (SSSR count). The van der Waals surface area contributed by atoms with E-state index in [1.54, 1.807) is 6.07 Å². The van der Waals surface area contributed by atoms with Crippen LogP contribution < -0.4 is 0 Å². The third-order valence-electron chi connectivity index (χ3n) is 2.59. The Hall–Kier alpha value is -2.01. The summed E-state index contributed by atoms with van der Waals surface area (Å²) in [4.78, 5) is 0. The molecule has 1 heterocycles. The Morgan fingerprint density at radius 2 is 1.93 bits per heavy atom. The van der Waals surface area contributed by atoms with E-state index in [-0.39, 0.29) is 0 Å². The summed E-state index contributed by atoms with van der Waals surface area (Å²) in [6, 6.07) is 11.6. The topological polar surface area (TPSA) is 36.9 Å². The predicted octanol–water partition coefficient (Wildman–Crippen LogP) is 3.44. The largest absolute Gasteiger partial charge is 0.446 e. The SMILES string of the molecule is Cc1cccc(-c2ccc(C#N)o2)c1C. The lowest BCUT2D eigenvalue weighted by molar-refractivity contribution is 0.567. The molecule has 0 atom stereocenters. The fourth-order valence-electron chi connectivity index (χ4n) is 1.56. The second-order valence-corrected chi connectivity index (χ2v) is 3.52. The van der Waals surface area contributed by atoms with Gasteiger partial charge in [0.1, 0.15) is 11.8 Å². The minimum atomic E-state index is 0.353. The molecule has 2 heteroatoms. The first-order valence-corrected chi connectivity index (χ1v) is 4.79. The van der Waals surface area contributed by atoms with E-state index in [0.717, 1.165) is 11.3 Å². The molecule has 0 unspecified atom stereocenters. The molecule has 0 saturated carbocycles. The van der Waals surface area contributed by atoms with Crippen molar-refractivity contribution < 1.29 is 4.42 Å². The van der Waals surface area contributed by atoms with E-state index in [0.29, 0.717) is 5.76 Å². The van der Waals surface area contributed by atoms with Gasteiger partial charge in [0.2, 0.25) is 5.76 Å². The monoisotopic (exact) mass is 197 g/mol. The molecule has 0 fully saturated rings. The maximum absolute atomic E-state index is 8.68. The van der Waals surface area contributed by atoms with Crippen LogP contribution in [0.3, 0.4) is 0 Å². The summed E-state index contributed by atoms with van der Waals surface area (Å²) < 4.78 is 5.39. The van der Waals surface area contributed by atoms with Gasteiger partial charge in [0, 0.05) is 5.56 Å². The first-order valence-electron chi connectivity index (χ1n) is 4.79. The Labute approximate surface area is 88.8 Å². The van der Waals surface area contributed by atoms with Crippen molar-refractivity contribution in [2.45, 2.75) is 13.8 Å². The van der Waals surface area contributed by atoms with Crippen LogP contribution in [0.2, 0.25) is 0 Å². The van der Waals surface area contributed by atoms with Gasteiger partial charge in [-0.15, -0.1) is 0 Å². The lowest BCUT2D eigenvalue weighted by Gasteiger charge is -2.04. The standard InChI is InChI=1S/C13H11NO/c1-9-4-3-5-12(10(9)2)13-7-6-11(8-14)15-13/h3-7H,1-2H3. The molecule has 0 amide bonds. The van der Waals surface area contributed by atoms with Gasteiger partial charge in [-0.25, -0.2) is 0 Å². The van der Waals surface area contributed by atoms with E-state index in [4.69, 9.17) is 9.68 Å². The third-order valence-corrected chi connectivity index (χ3v) is 2.59. The van der Waals surface area contributed by atoms with Crippen molar-refractivity contribution in [2.75, 3.05) is 0 Å². The molecule has 2 aromatic rings. The maximum Gasteiger partial charge on any atom is 0.204 e. The molecule has 1 aromatic carbocycles. The molecule has 0 aliphatic carbocycles. The summed E-state index contributed by atoms with van der Waals surface area (Å²) in [5.74, 6) is 1.11. The van der Waals surface area contributed by atoms with Crippen LogP contribution in [0.5, 0.6) is 0 Å². The molecule has 0 spiro atoms. The van der Waals surface area contributed by atoms with Crippen molar-refractivity contribution >= 4 is 0 Å². The van der Waals surface area contributed by atoms with E-state index in [1.165, 1.54) is 11.1 Å².